The second-order valence-electron chi connectivity index (χ2n) is 5.01. The van der Waals surface area contributed by atoms with Crippen molar-refractivity contribution in [2.75, 3.05) is 0 Å². The molecule has 18 heavy (non-hydrogen) atoms. The lowest BCUT2D eigenvalue weighted by atomic mass is 10.0. The molecule has 1 aromatic rings. The molecular weight excluding hydrogens is 248 g/mol. The molecular formula is C14H17ClN2O. The van der Waals surface area contributed by atoms with Gasteiger partial charge >= 0.3 is 0 Å². The summed E-state index contributed by atoms with van der Waals surface area (Å²) in [5.74, 6) is 0.779. The molecule has 0 unspecified atom stereocenters. The number of hydrogen-bond acceptors (Lipinski definition) is 3. The van der Waals surface area contributed by atoms with Gasteiger partial charge in [-0.3, -0.25) is 0 Å². The normalized spacial score (nSPS) is 25.7. The number of halogens is 1. The zero-order valence-electron chi connectivity index (χ0n) is 10.2. The molecule has 1 aliphatic carbocycles. The summed E-state index contributed by atoms with van der Waals surface area (Å²) in [6, 6.07) is 4.28. The Morgan fingerprint density at radius 2 is 2.22 bits per heavy atom. The molecule has 0 aromatic heterocycles. The van der Waals surface area contributed by atoms with Gasteiger partial charge in [0.1, 0.15) is 11.9 Å². The third-order valence-electron chi connectivity index (χ3n) is 3.59. The van der Waals surface area contributed by atoms with Crippen molar-refractivity contribution in [2.24, 2.45) is 5.73 Å². The van der Waals surface area contributed by atoms with Gasteiger partial charge < -0.3 is 15.8 Å². The van der Waals surface area contributed by atoms with Crippen LogP contribution < -0.4 is 15.8 Å². The van der Waals surface area contributed by atoms with Crippen molar-refractivity contribution in [2.45, 2.75) is 38.0 Å². The molecule has 2 atom stereocenters. The van der Waals surface area contributed by atoms with E-state index in [1.807, 2.05) is 24.4 Å². The summed E-state index contributed by atoms with van der Waals surface area (Å²) in [6.45, 7) is 0.820. The van der Waals surface area contributed by atoms with Crippen LogP contribution in [0.5, 0.6) is 5.75 Å². The van der Waals surface area contributed by atoms with Crippen molar-refractivity contribution >= 4 is 17.7 Å². The standard InChI is InChI=1S/C14H17ClN2O/c15-13-5-10-8-17-4-3-9(10)6-14(13)18-12-2-1-11(16)7-12/h3-6,11-12,17H,1-2,7-8,16H2/t11-,12-/m0/s1. The monoisotopic (exact) mass is 264 g/mol. The lowest BCUT2D eigenvalue weighted by molar-refractivity contribution is 0.208. The SMILES string of the molecule is N[C@H]1CC[C@H](Oc2cc3c(cc2Cl)CNC=C3)C1. The molecule has 3 nitrogen and oxygen atoms in total. The first-order chi connectivity index (χ1) is 8.72. The molecule has 0 amide bonds. The van der Waals surface area contributed by atoms with Crippen molar-refractivity contribution in [1.82, 2.24) is 5.32 Å². The fourth-order valence-corrected chi connectivity index (χ4v) is 2.82. The third-order valence-corrected chi connectivity index (χ3v) is 3.88. The molecule has 0 bridgehead atoms. The number of hydrogen-bond donors (Lipinski definition) is 2. The van der Waals surface area contributed by atoms with Crippen molar-refractivity contribution in [3.8, 4) is 5.75 Å². The van der Waals surface area contributed by atoms with E-state index in [1.165, 1.54) is 11.1 Å². The van der Waals surface area contributed by atoms with E-state index in [-0.39, 0.29) is 12.1 Å². The summed E-state index contributed by atoms with van der Waals surface area (Å²) in [7, 11) is 0. The second kappa shape index (κ2) is 4.82. The van der Waals surface area contributed by atoms with Gasteiger partial charge in [0.25, 0.3) is 0 Å². The second-order valence-corrected chi connectivity index (χ2v) is 5.42. The number of fused-ring (bicyclic) bond motifs is 1. The number of nitrogens with one attached hydrogen (secondary N) is 1. The van der Waals surface area contributed by atoms with Crippen LogP contribution in [0, 0.1) is 0 Å². The first-order valence-electron chi connectivity index (χ1n) is 6.37. The maximum Gasteiger partial charge on any atom is 0.138 e. The minimum Gasteiger partial charge on any atom is -0.489 e. The maximum atomic E-state index is 6.27. The average molecular weight is 265 g/mol. The number of ether oxygens (including phenoxy) is 1. The minimum atomic E-state index is 0.209. The van der Waals surface area contributed by atoms with Crippen LogP contribution in [0.15, 0.2) is 18.3 Å². The molecule has 1 aliphatic heterocycles. The van der Waals surface area contributed by atoms with Crippen molar-refractivity contribution in [1.29, 1.82) is 0 Å². The van der Waals surface area contributed by atoms with Crippen LogP contribution in [0.4, 0.5) is 0 Å². The molecule has 0 radical (unpaired) electrons. The lowest BCUT2D eigenvalue weighted by Crippen LogP contribution is -2.19. The summed E-state index contributed by atoms with van der Waals surface area (Å²) in [4.78, 5) is 0. The van der Waals surface area contributed by atoms with Gasteiger partial charge in [0, 0.05) is 12.6 Å². The Bertz CT molecular complexity index is 487. The van der Waals surface area contributed by atoms with Crippen LogP contribution in [0.25, 0.3) is 6.08 Å². The molecule has 4 heteroatoms. The molecule has 1 heterocycles. The van der Waals surface area contributed by atoms with Crippen LogP contribution in [0.1, 0.15) is 30.4 Å². The highest BCUT2D eigenvalue weighted by Crippen LogP contribution is 2.33. The van der Waals surface area contributed by atoms with Crippen LogP contribution in [0.2, 0.25) is 5.02 Å². The van der Waals surface area contributed by atoms with E-state index in [9.17, 15) is 0 Å². The van der Waals surface area contributed by atoms with E-state index in [1.54, 1.807) is 0 Å². The number of rotatable bonds is 2. The molecule has 1 aromatic carbocycles. The predicted molar refractivity (Wildman–Crippen MR) is 73.6 cm³/mol. The Kier molecular flexibility index (Phi) is 3.18. The maximum absolute atomic E-state index is 6.27. The fourth-order valence-electron chi connectivity index (χ4n) is 2.59. The summed E-state index contributed by atoms with van der Waals surface area (Å²) in [6.07, 6.45) is 7.18. The molecule has 1 saturated carbocycles. The lowest BCUT2D eigenvalue weighted by Gasteiger charge is -2.18. The van der Waals surface area contributed by atoms with Crippen molar-refractivity contribution < 1.29 is 4.74 Å². The summed E-state index contributed by atoms with van der Waals surface area (Å²) in [5.41, 5.74) is 8.28. The topological polar surface area (TPSA) is 47.3 Å². The molecule has 1 fully saturated rings. The highest BCUT2D eigenvalue weighted by Gasteiger charge is 2.24. The van der Waals surface area contributed by atoms with E-state index >= 15 is 0 Å². The van der Waals surface area contributed by atoms with Gasteiger partial charge in [-0.1, -0.05) is 11.6 Å². The zero-order chi connectivity index (χ0) is 12.5. The third kappa shape index (κ3) is 2.33. The minimum absolute atomic E-state index is 0.209. The molecule has 3 N–H and O–H groups in total. The van der Waals surface area contributed by atoms with E-state index < -0.39 is 0 Å². The van der Waals surface area contributed by atoms with Gasteiger partial charge in [-0.05, 0) is 54.8 Å². The summed E-state index contributed by atoms with van der Waals surface area (Å²) >= 11 is 6.27. The smallest absolute Gasteiger partial charge is 0.138 e. The molecule has 96 valence electrons. The molecule has 3 rings (SSSR count). The van der Waals surface area contributed by atoms with E-state index in [0.717, 1.165) is 31.6 Å². The van der Waals surface area contributed by atoms with Gasteiger partial charge in [-0.25, -0.2) is 0 Å². The summed E-state index contributed by atoms with van der Waals surface area (Å²) in [5, 5.41) is 3.86. The van der Waals surface area contributed by atoms with Gasteiger partial charge in [0.05, 0.1) is 5.02 Å². The Balaban J connectivity index is 1.82. The van der Waals surface area contributed by atoms with Gasteiger partial charge in [0.15, 0.2) is 0 Å². The Morgan fingerprint density at radius 3 is 3.00 bits per heavy atom. The van der Waals surface area contributed by atoms with Crippen LogP contribution >= 0.6 is 11.6 Å². The molecule has 0 saturated heterocycles. The van der Waals surface area contributed by atoms with Crippen LogP contribution in [0.3, 0.4) is 0 Å². The highest BCUT2D eigenvalue weighted by atomic mass is 35.5. The number of nitrogens with two attached hydrogens (primary N) is 1. The highest BCUT2D eigenvalue weighted by molar-refractivity contribution is 6.32. The zero-order valence-corrected chi connectivity index (χ0v) is 10.9. The molecule has 2 aliphatic rings. The number of benzene rings is 1. The Hall–Kier alpha value is -1.19. The average Bonchev–Trinajstić information content (AvgIpc) is 2.76. The van der Waals surface area contributed by atoms with E-state index in [2.05, 4.69) is 5.32 Å². The quantitative estimate of drug-likeness (QED) is 0.863. The van der Waals surface area contributed by atoms with Crippen LogP contribution in [-0.2, 0) is 6.54 Å². The largest absolute Gasteiger partial charge is 0.489 e. The van der Waals surface area contributed by atoms with Gasteiger partial charge in [-0.15, -0.1) is 0 Å². The summed E-state index contributed by atoms with van der Waals surface area (Å²) < 4.78 is 5.98. The predicted octanol–water partition coefficient (Wildman–Crippen LogP) is 2.67. The van der Waals surface area contributed by atoms with Crippen molar-refractivity contribution in [3.05, 3.63) is 34.5 Å². The fraction of sp³-hybridized carbons (Fsp3) is 0.429. The van der Waals surface area contributed by atoms with E-state index in [4.69, 9.17) is 22.1 Å². The van der Waals surface area contributed by atoms with Crippen molar-refractivity contribution in [3.63, 3.8) is 0 Å². The molecule has 0 spiro atoms. The first kappa shape index (κ1) is 11.9. The van der Waals surface area contributed by atoms with Crippen LogP contribution in [-0.4, -0.2) is 12.1 Å². The first-order valence-corrected chi connectivity index (χ1v) is 6.75. The Labute approximate surface area is 112 Å². The van der Waals surface area contributed by atoms with Gasteiger partial charge in [-0.2, -0.15) is 0 Å². The van der Waals surface area contributed by atoms with E-state index in [0.29, 0.717) is 5.02 Å². The van der Waals surface area contributed by atoms with Gasteiger partial charge in [0.2, 0.25) is 0 Å². The Morgan fingerprint density at radius 1 is 1.33 bits per heavy atom.